The lowest BCUT2D eigenvalue weighted by Crippen LogP contribution is -2.45. The van der Waals surface area contributed by atoms with Gasteiger partial charge >= 0.3 is 0 Å². The summed E-state index contributed by atoms with van der Waals surface area (Å²) in [6.07, 6.45) is 9.94. The molecule has 0 aliphatic heterocycles. The van der Waals surface area contributed by atoms with Gasteiger partial charge in [0.2, 0.25) is 0 Å². The van der Waals surface area contributed by atoms with E-state index in [1.165, 1.54) is 51.5 Å². The first-order valence-electron chi connectivity index (χ1n) is 6.71. The number of rotatable bonds is 4. The molecule has 0 aromatic heterocycles. The third kappa shape index (κ3) is 2.73. The van der Waals surface area contributed by atoms with Gasteiger partial charge in [0.05, 0.1) is 0 Å². The molecule has 2 saturated carbocycles. The van der Waals surface area contributed by atoms with Crippen molar-refractivity contribution in [1.29, 1.82) is 0 Å². The molecular weight excluding hydrogens is 184 g/mol. The Morgan fingerprint density at radius 2 is 1.80 bits per heavy atom. The van der Waals surface area contributed by atoms with Crippen molar-refractivity contribution < 1.29 is 0 Å². The third-order valence-electron chi connectivity index (χ3n) is 4.51. The zero-order chi connectivity index (χ0) is 10.7. The van der Waals surface area contributed by atoms with Gasteiger partial charge in [-0.2, -0.15) is 0 Å². The van der Waals surface area contributed by atoms with Crippen LogP contribution in [0.5, 0.6) is 0 Å². The highest BCUT2D eigenvalue weighted by Crippen LogP contribution is 2.31. The summed E-state index contributed by atoms with van der Waals surface area (Å²) < 4.78 is 0. The molecule has 2 atom stereocenters. The fourth-order valence-corrected chi connectivity index (χ4v) is 3.26. The zero-order valence-electron chi connectivity index (χ0n) is 10.1. The van der Waals surface area contributed by atoms with Gasteiger partial charge in [0, 0.05) is 12.6 Å². The van der Waals surface area contributed by atoms with Gasteiger partial charge in [0.25, 0.3) is 0 Å². The molecule has 0 bridgehead atoms. The van der Waals surface area contributed by atoms with E-state index in [0.717, 1.165) is 24.4 Å². The third-order valence-corrected chi connectivity index (χ3v) is 4.51. The normalized spacial score (nSPS) is 33.0. The van der Waals surface area contributed by atoms with Gasteiger partial charge in [-0.1, -0.05) is 19.3 Å². The molecule has 2 rings (SSSR count). The quantitative estimate of drug-likeness (QED) is 0.771. The lowest BCUT2D eigenvalue weighted by Gasteiger charge is -2.40. The molecule has 15 heavy (non-hydrogen) atoms. The maximum Gasteiger partial charge on any atom is 0.0133 e. The van der Waals surface area contributed by atoms with Crippen molar-refractivity contribution in [2.75, 3.05) is 20.1 Å². The Balaban J connectivity index is 1.82. The molecule has 2 nitrogen and oxygen atoms in total. The predicted octanol–water partition coefficient (Wildman–Crippen LogP) is 2.24. The van der Waals surface area contributed by atoms with E-state index in [1.807, 2.05) is 0 Å². The molecule has 2 aliphatic carbocycles. The lowest BCUT2D eigenvalue weighted by molar-refractivity contribution is 0.0975. The van der Waals surface area contributed by atoms with Gasteiger partial charge in [-0.25, -0.2) is 0 Å². The number of hydrogen-bond donors (Lipinski definition) is 1. The first kappa shape index (κ1) is 11.4. The highest BCUT2D eigenvalue weighted by molar-refractivity contribution is 4.84. The largest absolute Gasteiger partial charge is 0.330 e. The van der Waals surface area contributed by atoms with Crippen molar-refractivity contribution in [3.63, 3.8) is 0 Å². The first-order valence-corrected chi connectivity index (χ1v) is 6.71. The second-order valence-corrected chi connectivity index (χ2v) is 5.58. The number of hydrogen-bond acceptors (Lipinski definition) is 2. The van der Waals surface area contributed by atoms with Crippen LogP contribution in [-0.2, 0) is 0 Å². The van der Waals surface area contributed by atoms with E-state index in [-0.39, 0.29) is 0 Å². The van der Waals surface area contributed by atoms with E-state index in [0.29, 0.717) is 0 Å². The van der Waals surface area contributed by atoms with Crippen LogP contribution in [-0.4, -0.2) is 31.1 Å². The molecule has 2 fully saturated rings. The molecule has 88 valence electrons. The van der Waals surface area contributed by atoms with Gasteiger partial charge in [-0.3, -0.25) is 0 Å². The van der Waals surface area contributed by atoms with E-state index >= 15 is 0 Å². The molecule has 0 aromatic rings. The molecule has 0 heterocycles. The summed E-state index contributed by atoms with van der Waals surface area (Å²) in [5, 5.41) is 0. The number of nitrogens with zero attached hydrogens (tertiary/aromatic N) is 1. The van der Waals surface area contributed by atoms with Gasteiger partial charge in [-0.15, -0.1) is 0 Å². The minimum atomic E-state index is 0.767. The summed E-state index contributed by atoms with van der Waals surface area (Å²) in [4.78, 5) is 2.61. The molecule has 2 N–H and O–H groups in total. The molecule has 0 radical (unpaired) electrons. The Kier molecular flexibility index (Phi) is 4.04. The Hall–Kier alpha value is -0.0800. The lowest BCUT2D eigenvalue weighted by atomic mass is 9.81. The minimum Gasteiger partial charge on any atom is -0.330 e. The van der Waals surface area contributed by atoms with E-state index in [4.69, 9.17) is 5.73 Å². The first-order chi connectivity index (χ1) is 7.31. The molecule has 0 spiro atoms. The van der Waals surface area contributed by atoms with Crippen molar-refractivity contribution in [3.8, 4) is 0 Å². The Morgan fingerprint density at radius 3 is 2.40 bits per heavy atom. The summed E-state index contributed by atoms with van der Waals surface area (Å²) in [6, 6.07) is 0.782. The van der Waals surface area contributed by atoms with Crippen LogP contribution in [0.1, 0.15) is 44.9 Å². The highest BCUT2D eigenvalue weighted by atomic mass is 15.1. The van der Waals surface area contributed by atoms with Crippen LogP contribution in [0.3, 0.4) is 0 Å². The average Bonchev–Trinajstić information content (AvgIpc) is 2.23. The molecular formula is C13H26N2. The molecule has 2 heteroatoms. The van der Waals surface area contributed by atoms with Gasteiger partial charge < -0.3 is 10.6 Å². The smallest absolute Gasteiger partial charge is 0.0133 e. The monoisotopic (exact) mass is 210 g/mol. The minimum absolute atomic E-state index is 0.767. The standard InChI is InChI=1S/C13H26N2/c1-15(10-11-5-4-6-11)13-8-3-2-7-12(13)9-14/h11-13H,2-10,14H2,1H3. The Morgan fingerprint density at radius 1 is 1.07 bits per heavy atom. The van der Waals surface area contributed by atoms with Crippen LogP contribution in [0.15, 0.2) is 0 Å². The second kappa shape index (κ2) is 5.31. The molecule has 2 aliphatic rings. The van der Waals surface area contributed by atoms with E-state index in [1.54, 1.807) is 0 Å². The second-order valence-electron chi connectivity index (χ2n) is 5.58. The zero-order valence-corrected chi connectivity index (χ0v) is 10.1. The summed E-state index contributed by atoms with van der Waals surface area (Å²) in [5.41, 5.74) is 5.88. The van der Waals surface area contributed by atoms with E-state index in [9.17, 15) is 0 Å². The van der Waals surface area contributed by atoms with Crippen molar-refractivity contribution >= 4 is 0 Å². The fourth-order valence-electron chi connectivity index (χ4n) is 3.26. The summed E-state index contributed by atoms with van der Waals surface area (Å²) in [5.74, 6) is 1.76. The topological polar surface area (TPSA) is 29.3 Å². The van der Waals surface area contributed by atoms with Crippen molar-refractivity contribution in [3.05, 3.63) is 0 Å². The van der Waals surface area contributed by atoms with Crippen LogP contribution in [0.25, 0.3) is 0 Å². The average molecular weight is 210 g/mol. The highest BCUT2D eigenvalue weighted by Gasteiger charge is 2.29. The maximum atomic E-state index is 5.88. The summed E-state index contributed by atoms with van der Waals surface area (Å²) in [7, 11) is 2.32. The van der Waals surface area contributed by atoms with Crippen LogP contribution < -0.4 is 5.73 Å². The Bertz CT molecular complexity index is 189. The SMILES string of the molecule is CN(CC1CCC1)C1CCCCC1CN. The van der Waals surface area contributed by atoms with Crippen LogP contribution >= 0.6 is 0 Å². The number of nitrogens with two attached hydrogens (primary N) is 1. The summed E-state index contributed by atoms with van der Waals surface area (Å²) >= 11 is 0. The van der Waals surface area contributed by atoms with E-state index in [2.05, 4.69) is 11.9 Å². The van der Waals surface area contributed by atoms with Crippen molar-refractivity contribution in [2.45, 2.75) is 51.0 Å². The van der Waals surface area contributed by atoms with Gasteiger partial charge in [-0.05, 0) is 51.1 Å². The van der Waals surface area contributed by atoms with Crippen molar-refractivity contribution in [2.24, 2.45) is 17.6 Å². The van der Waals surface area contributed by atoms with E-state index < -0.39 is 0 Å². The van der Waals surface area contributed by atoms with Crippen LogP contribution in [0.4, 0.5) is 0 Å². The predicted molar refractivity (Wildman–Crippen MR) is 64.8 cm³/mol. The molecule has 0 aromatic carbocycles. The van der Waals surface area contributed by atoms with Crippen LogP contribution in [0.2, 0.25) is 0 Å². The van der Waals surface area contributed by atoms with Gasteiger partial charge in [0.1, 0.15) is 0 Å². The fraction of sp³-hybridized carbons (Fsp3) is 1.00. The Labute approximate surface area is 94.2 Å². The molecule has 0 amide bonds. The maximum absolute atomic E-state index is 5.88. The van der Waals surface area contributed by atoms with Gasteiger partial charge in [0.15, 0.2) is 0 Å². The van der Waals surface area contributed by atoms with Crippen molar-refractivity contribution in [1.82, 2.24) is 4.90 Å². The molecule has 0 saturated heterocycles. The molecule has 2 unspecified atom stereocenters. The summed E-state index contributed by atoms with van der Waals surface area (Å²) in [6.45, 7) is 2.21. The van der Waals surface area contributed by atoms with Crippen LogP contribution in [0, 0.1) is 11.8 Å².